The topological polar surface area (TPSA) is 8.17 Å². The lowest BCUT2D eigenvalue weighted by atomic mass is 9.82. The zero-order chi connectivity index (χ0) is 40.3. The molecule has 2 nitrogen and oxygen atoms in total. The Balaban J connectivity index is 1.14. The number of hydrogen-bond donors (Lipinski definition) is 0. The first-order chi connectivity index (χ1) is 29.3. The van der Waals surface area contributed by atoms with Crippen molar-refractivity contribution in [2.24, 2.45) is 0 Å². The average Bonchev–Trinajstić information content (AvgIpc) is 3.84. The predicted molar refractivity (Wildman–Crippen MR) is 254 cm³/mol. The van der Waals surface area contributed by atoms with Gasteiger partial charge in [0.1, 0.15) is 0 Å². The maximum atomic E-state index is 2.53. The lowest BCUT2D eigenvalue weighted by molar-refractivity contribution is 0.660. The van der Waals surface area contributed by atoms with Crippen LogP contribution in [0.15, 0.2) is 194 Å². The Labute approximate surface area is 351 Å². The summed E-state index contributed by atoms with van der Waals surface area (Å²) in [6, 6.07) is 72.4. The number of nitrogens with zero attached hydrogens (tertiary/aromatic N) is 2. The van der Waals surface area contributed by atoms with Gasteiger partial charge < -0.3 is 9.47 Å². The second kappa shape index (κ2) is 12.7. The summed E-state index contributed by atoms with van der Waals surface area (Å²) in [4.78, 5) is 2.53. The van der Waals surface area contributed by atoms with Crippen molar-refractivity contribution < 1.29 is 0 Å². The van der Waals surface area contributed by atoms with Gasteiger partial charge in [-0.05, 0) is 115 Å². The van der Waals surface area contributed by atoms with Gasteiger partial charge in [-0.25, -0.2) is 0 Å². The van der Waals surface area contributed by atoms with Crippen LogP contribution in [0, 0.1) is 0 Å². The lowest BCUT2D eigenvalue weighted by Crippen LogP contribution is -2.17. The first-order valence-corrected chi connectivity index (χ1v) is 21.2. The minimum absolute atomic E-state index is 0.125. The van der Waals surface area contributed by atoms with E-state index in [0.717, 1.165) is 17.1 Å². The monoisotopic (exact) mass is 768 g/mol. The van der Waals surface area contributed by atoms with Gasteiger partial charge in [0.25, 0.3) is 0 Å². The van der Waals surface area contributed by atoms with E-state index in [1.54, 1.807) is 0 Å². The van der Waals surface area contributed by atoms with E-state index in [2.05, 4.69) is 231 Å². The molecule has 0 bridgehead atoms. The maximum absolute atomic E-state index is 2.53. The van der Waals surface area contributed by atoms with E-state index < -0.39 is 0 Å². The molecule has 1 aromatic heterocycles. The smallest absolute Gasteiger partial charge is 0.0543 e. The number of para-hydroxylation sites is 2. The van der Waals surface area contributed by atoms with Gasteiger partial charge in [0.15, 0.2) is 0 Å². The van der Waals surface area contributed by atoms with Gasteiger partial charge in [-0.2, -0.15) is 0 Å². The van der Waals surface area contributed by atoms with Crippen LogP contribution in [0.4, 0.5) is 17.1 Å². The quantitative estimate of drug-likeness (QED) is 0.169. The van der Waals surface area contributed by atoms with Crippen LogP contribution in [-0.2, 0) is 10.8 Å². The van der Waals surface area contributed by atoms with Crippen molar-refractivity contribution in [3.8, 4) is 39.1 Å². The molecular formula is C58H44N2. The molecule has 0 spiro atoms. The Morgan fingerprint density at radius 1 is 0.383 bits per heavy atom. The maximum Gasteiger partial charge on any atom is 0.0543 e. The summed E-state index contributed by atoms with van der Waals surface area (Å²) >= 11 is 0. The standard InChI is InChI=1S/C58H44N2/c1-57(2)50-24-13-9-22-47(50)56-51(57)25-16-28-55(56)59(40-30-32-44-43-19-8-12-23-49(43)58(3,4)52(44)36-40)39-29-31-42-38(33-39)34-41(35-48(42)37-17-6-5-7-18-37)60-53-26-14-10-20-45(53)46-21-11-15-27-54(46)60/h5-36H,1-4H3. The van der Waals surface area contributed by atoms with Crippen LogP contribution in [0.25, 0.3) is 71.6 Å². The zero-order valence-corrected chi connectivity index (χ0v) is 34.4. The van der Waals surface area contributed by atoms with Gasteiger partial charge in [-0.3, -0.25) is 0 Å². The SMILES string of the molecule is CC1(C)c2ccccc2-c2ccc(N(c3ccc4c(-c5ccccc5)cc(-n5c6ccccc6c6ccccc65)cc4c3)c3cccc4c3-c3ccccc3C4(C)C)cc21. The van der Waals surface area contributed by atoms with Crippen LogP contribution in [0.2, 0.25) is 0 Å². The first-order valence-electron chi connectivity index (χ1n) is 21.2. The van der Waals surface area contributed by atoms with Gasteiger partial charge in [0, 0.05) is 44.2 Å². The molecule has 0 N–H and O–H groups in total. The molecule has 0 aliphatic heterocycles. The molecule has 2 aliphatic carbocycles. The molecule has 286 valence electrons. The van der Waals surface area contributed by atoms with E-state index in [1.807, 2.05) is 0 Å². The molecule has 2 aliphatic rings. The molecule has 0 amide bonds. The number of rotatable bonds is 5. The van der Waals surface area contributed by atoms with Crippen LogP contribution in [0.3, 0.4) is 0 Å². The summed E-state index contributed by atoms with van der Waals surface area (Å²) in [5, 5.41) is 4.94. The largest absolute Gasteiger partial charge is 0.310 e. The summed E-state index contributed by atoms with van der Waals surface area (Å²) < 4.78 is 2.45. The van der Waals surface area contributed by atoms with E-state index in [1.165, 1.54) is 93.9 Å². The van der Waals surface area contributed by atoms with Crippen LogP contribution >= 0.6 is 0 Å². The molecular weight excluding hydrogens is 725 g/mol. The highest BCUT2D eigenvalue weighted by atomic mass is 15.1. The van der Waals surface area contributed by atoms with Gasteiger partial charge in [0.2, 0.25) is 0 Å². The highest BCUT2D eigenvalue weighted by molar-refractivity contribution is 6.10. The fraction of sp³-hybridized carbons (Fsp3) is 0.103. The minimum atomic E-state index is -0.133. The van der Waals surface area contributed by atoms with E-state index in [4.69, 9.17) is 0 Å². The summed E-state index contributed by atoms with van der Waals surface area (Å²) in [5.74, 6) is 0. The number of fused-ring (bicyclic) bond motifs is 10. The van der Waals surface area contributed by atoms with E-state index in [9.17, 15) is 0 Å². The molecule has 0 fully saturated rings. The summed E-state index contributed by atoms with van der Waals surface area (Å²) in [6.07, 6.45) is 0. The molecule has 2 heteroatoms. The van der Waals surface area contributed by atoms with Crippen molar-refractivity contribution in [3.05, 3.63) is 216 Å². The van der Waals surface area contributed by atoms with Crippen LogP contribution in [0.5, 0.6) is 0 Å². The number of hydrogen-bond acceptors (Lipinski definition) is 1. The zero-order valence-electron chi connectivity index (χ0n) is 34.4. The van der Waals surface area contributed by atoms with Gasteiger partial charge in [-0.15, -0.1) is 0 Å². The Morgan fingerprint density at radius 3 is 1.70 bits per heavy atom. The molecule has 0 saturated heterocycles. The number of anilines is 3. The molecule has 0 atom stereocenters. The van der Waals surface area contributed by atoms with Crippen molar-refractivity contribution in [2.45, 2.75) is 38.5 Å². The summed E-state index contributed by atoms with van der Waals surface area (Å²) in [5.41, 5.74) is 20.0. The van der Waals surface area contributed by atoms with Gasteiger partial charge in [0.05, 0.1) is 16.7 Å². The van der Waals surface area contributed by atoms with Crippen molar-refractivity contribution in [3.63, 3.8) is 0 Å². The van der Waals surface area contributed by atoms with Crippen molar-refractivity contribution in [1.29, 1.82) is 0 Å². The summed E-state index contributed by atoms with van der Waals surface area (Å²) in [7, 11) is 0. The molecule has 1 heterocycles. The second-order valence-corrected chi connectivity index (χ2v) is 17.7. The third-order valence-corrected chi connectivity index (χ3v) is 13.8. The van der Waals surface area contributed by atoms with Crippen molar-refractivity contribution in [2.75, 3.05) is 4.90 Å². The van der Waals surface area contributed by atoms with Gasteiger partial charge in [-0.1, -0.05) is 167 Å². The van der Waals surface area contributed by atoms with Crippen LogP contribution in [0.1, 0.15) is 49.9 Å². The van der Waals surface area contributed by atoms with Gasteiger partial charge >= 0.3 is 0 Å². The van der Waals surface area contributed by atoms with Crippen LogP contribution < -0.4 is 4.90 Å². The molecule has 0 radical (unpaired) electrons. The lowest BCUT2D eigenvalue weighted by Gasteiger charge is -2.30. The number of aromatic nitrogens is 1. The number of benzene rings is 9. The molecule has 0 saturated carbocycles. The first kappa shape index (κ1) is 34.8. The van der Waals surface area contributed by atoms with E-state index >= 15 is 0 Å². The van der Waals surface area contributed by atoms with Crippen LogP contribution in [-0.4, -0.2) is 4.57 Å². The third kappa shape index (κ3) is 4.88. The normalized spacial score (nSPS) is 14.3. The minimum Gasteiger partial charge on any atom is -0.310 e. The Morgan fingerprint density at radius 2 is 0.950 bits per heavy atom. The molecule has 60 heavy (non-hydrogen) atoms. The second-order valence-electron chi connectivity index (χ2n) is 17.7. The summed E-state index contributed by atoms with van der Waals surface area (Å²) in [6.45, 7) is 9.50. The fourth-order valence-electron chi connectivity index (χ4n) is 10.8. The Bertz CT molecular complexity index is 3330. The van der Waals surface area contributed by atoms with Crippen molar-refractivity contribution >= 4 is 49.6 Å². The van der Waals surface area contributed by atoms with E-state index in [-0.39, 0.29) is 10.8 Å². The van der Waals surface area contributed by atoms with E-state index in [0.29, 0.717) is 0 Å². The third-order valence-electron chi connectivity index (χ3n) is 13.8. The Kier molecular flexibility index (Phi) is 7.36. The molecule has 9 aromatic carbocycles. The fourth-order valence-corrected chi connectivity index (χ4v) is 10.8. The average molecular weight is 769 g/mol. The van der Waals surface area contributed by atoms with Crippen molar-refractivity contribution in [1.82, 2.24) is 4.57 Å². The highest BCUT2D eigenvalue weighted by Gasteiger charge is 2.39. The molecule has 10 aromatic rings. The Hall–Kier alpha value is -7.16. The highest BCUT2D eigenvalue weighted by Crippen LogP contribution is 2.56. The molecule has 0 unspecified atom stereocenters. The predicted octanol–water partition coefficient (Wildman–Crippen LogP) is 15.7. The molecule has 12 rings (SSSR count).